The number of nitrogens with one attached hydrogen (secondary N) is 1. The Morgan fingerprint density at radius 1 is 1.35 bits per heavy atom. The zero-order valence-corrected chi connectivity index (χ0v) is 13.8. The van der Waals surface area contributed by atoms with E-state index in [2.05, 4.69) is 43.2 Å². The maximum Gasteiger partial charge on any atom is 0.0702 e. The van der Waals surface area contributed by atoms with E-state index in [1.54, 1.807) is 0 Å². The third kappa shape index (κ3) is 5.52. The van der Waals surface area contributed by atoms with Gasteiger partial charge in [-0.05, 0) is 38.4 Å². The van der Waals surface area contributed by atoms with E-state index in [1.807, 2.05) is 11.3 Å². The summed E-state index contributed by atoms with van der Waals surface area (Å²) in [6, 6.07) is 5.06. The molecule has 114 valence electrons. The fourth-order valence-electron chi connectivity index (χ4n) is 2.54. The molecule has 2 rings (SSSR count). The lowest BCUT2D eigenvalue weighted by atomic mass is 10.1. The van der Waals surface area contributed by atoms with Crippen LogP contribution in [0.3, 0.4) is 0 Å². The van der Waals surface area contributed by atoms with Crippen LogP contribution in [0.2, 0.25) is 0 Å². The highest BCUT2D eigenvalue weighted by atomic mass is 32.1. The van der Waals surface area contributed by atoms with E-state index >= 15 is 0 Å². The summed E-state index contributed by atoms with van der Waals surface area (Å²) in [5.41, 5.74) is 0. The molecule has 1 saturated heterocycles. The van der Waals surface area contributed by atoms with Gasteiger partial charge in [-0.3, -0.25) is 4.90 Å². The standard InChI is InChI=1S/C16H28N2OS/c1-13(2)17-10-15-7-8-16(20-15)12-18(3)11-14-6-4-5-9-19-14/h7-8,13-14,17H,4-6,9-12H2,1-3H3. The van der Waals surface area contributed by atoms with Crippen molar-refractivity contribution in [3.8, 4) is 0 Å². The highest BCUT2D eigenvalue weighted by molar-refractivity contribution is 7.11. The van der Waals surface area contributed by atoms with Crippen molar-refractivity contribution in [3.05, 3.63) is 21.9 Å². The zero-order chi connectivity index (χ0) is 14.4. The normalized spacial score (nSPS) is 19.9. The van der Waals surface area contributed by atoms with Crippen LogP contribution in [0.15, 0.2) is 12.1 Å². The first-order chi connectivity index (χ1) is 9.63. The Balaban J connectivity index is 1.74. The van der Waals surface area contributed by atoms with E-state index in [1.165, 1.54) is 29.0 Å². The van der Waals surface area contributed by atoms with Crippen molar-refractivity contribution in [1.82, 2.24) is 10.2 Å². The van der Waals surface area contributed by atoms with Crippen LogP contribution in [-0.4, -0.2) is 37.2 Å². The summed E-state index contributed by atoms with van der Waals surface area (Å²) < 4.78 is 5.81. The highest BCUT2D eigenvalue weighted by Crippen LogP contribution is 2.19. The second-order valence-corrected chi connectivity index (χ2v) is 7.34. The maximum absolute atomic E-state index is 5.81. The number of ether oxygens (including phenoxy) is 1. The summed E-state index contributed by atoms with van der Waals surface area (Å²) in [4.78, 5) is 5.27. The summed E-state index contributed by atoms with van der Waals surface area (Å²) >= 11 is 1.92. The van der Waals surface area contributed by atoms with Crippen molar-refractivity contribution in [3.63, 3.8) is 0 Å². The summed E-state index contributed by atoms with van der Waals surface area (Å²) in [6.45, 7) is 8.39. The summed E-state index contributed by atoms with van der Waals surface area (Å²) in [6.07, 6.45) is 4.22. The Kier molecular flexibility index (Phi) is 6.49. The van der Waals surface area contributed by atoms with E-state index in [-0.39, 0.29) is 0 Å². The smallest absolute Gasteiger partial charge is 0.0702 e. The van der Waals surface area contributed by atoms with Crippen molar-refractivity contribution in [2.24, 2.45) is 0 Å². The molecule has 0 saturated carbocycles. The molecule has 1 N–H and O–H groups in total. The fourth-order valence-corrected chi connectivity index (χ4v) is 3.59. The van der Waals surface area contributed by atoms with Crippen LogP contribution in [0.4, 0.5) is 0 Å². The van der Waals surface area contributed by atoms with Crippen molar-refractivity contribution < 1.29 is 4.74 Å². The second-order valence-electron chi connectivity index (χ2n) is 6.09. The predicted octanol–water partition coefficient (Wildman–Crippen LogP) is 3.25. The molecule has 0 amide bonds. The van der Waals surface area contributed by atoms with Gasteiger partial charge in [0, 0.05) is 42.0 Å². The van der Waals surface area contributed by atoms with Gasteiger partial charge in [-0.25, -0.2) is 0 Å². The van der Waals surface area contributed by atoms with E-state index in [0.717, 1.165) is 26.2 Å². The van der Waals surface area contributed by atoms with E-state index in [4.69, 9.17) is 4.74 Å². The largest absolute Gasteiger partial charge is 0.377 e. The third-order valence-corrected chi connectivity index (χ3v) is 4.69. The maximum atomic E-state index is 5.81. The van der Waals surface area contributed by atoms with Crippen LogP contribution in [0.1, 0.15) is 42.9 Å². The lowest BCUT2D eigenvalue weighted by Gasteiger charge is -2.27. The first-order valence-electron chi connectivity index (χ1n) is 7.74. The SMILES string of the molecule is CC(C)NCc1ccc(CN(C)CC2CCCCO2)s1. The Morgan fingerprint density at radius 3 is 2.85 bits per heavy atom. The molecule has 2 heterocycles. The van der Waals surface area contributed by atoms with Gasteiger partial charge in [0.15, 0.2) is 0 Å². The Hall–Kier alpha value is -0.420. The van der Waals surface area contributed by atoms with Crippen LogP contribution in [0, 0.1) is 0 Å². The molecule has 1 aliphatic rings. The van der Waals surface area contributed by atoms with Gasteiger partial charge in [0.25, 0.3) is 0 Å². The van der Waals surface area contributed by atoms with E-state index in [0.29, 0.717) is 12.1 Å². The van der Waals surface area contributed by atoms with Gasteiger partial charge in [-0.2, -0.15) is 0 Å². The molecule has 1 aliphatic heterocycles. The van der Waals surface area contributed by atoms with Gasteiger partial charge < -0.3 is 10.1 Å². The van der Waals surface area contributed by atoms with Crippen LogP contribution in [-0.2, 0) is 17.8 Å². The average Bonchev–Trinajstić information content (AvgIpc) is 2.85. The monoisotopic (exact) mass is 296 g/mol. The molecule has 1 atom stereocenters. The Morgan fingerprint density at radius 2 is 2.15 bits per heavy atom. The van der Waals surface area contributed by atoms with Crippen LogP contribution < -0.4 is 5.32 Å². The van der Waals surface area contributed by atoms with Crippen molar-refractivity contribution in [2.45, 2.75) is 58.3 Å². The first-order valence-corrected chi connectivity index (χ1v) is 8.56. The van der Waals surface area contributed by atoms with Gasteiger partial charge in [0.1, 0.15) is 0 Å². The van der Waals surface area contributed by atoms with Gasteiger partial charge in [-0.1, -0.05) is 13.8 Å². The molecule has 0 spiro atoms. The zero-order valence-electron chi connectivity index (χ0n) is 13.0. The van der Waals surface area contributed by atoms with Gasteiger partial charge >= 0.3 is 0 Å². The molecule has 1 aromatic rings. The number of nitrogens with zero attached hydrogens (tertiary/aromatic N) is 1. The minimum absolute atomic E-state index is 0.441. The Labute approximate surface area is 127 Å². The summed E-state index contributed by atoms with van der Waals surface area (Å²) in [5, 5.41) is 3.47. The molecule has 1 fully saturated rings. The lowest BCUT2D eigenvalue weighted by Crippen LogP contribution is -2.32. The number of hydrogen-bond acceptors (Lipinski definition) is 4. The molecule has 0 aromatic carbocycles. The minimum Gasteiger partial charge on any atom is -0.377 e. The number of hydrogen-bond donors (Lipinski definition) is 1. The number of likely N-dealkylation sites (N-methyl/N-ethyl adjacent to an activating group) is 1. The summed E-state index contributed by atoms with van der Waals surface area (Å²) in [7, 11) is 2.20. The molecule has 0 aliphatic carbocycles. The van der Waals surface area contributed by atoms with Crippen LogP contribution in [0.5, 0.6) is 0 Å². The van der Waals surface area contributed by atoms with E-state index < -0.39 is 0 Å². The Bertz CT molecular complexity index is 386. The van der Waals surface area contributed by atoms with Crippen molar-refractivity contribution >= 4 is 11.3 Å². The molecule has 0 radical (unpaired) electrons. The lowest BCUT2D eigenvalue weighted by molar-refractivity contribution is -0.00245. The molecule has 4 heteroatoms. The highest BCUT2D eigenvalue weighted by Gasteiger charge is 2.16. The minimum atomic E-state index is 0.441. The molecule has 1 aromatic heterocycles. The molecule has 20 heavy (non-hydrogen) atoms. The third-order valence-electron chi connectivity index (χ3n) is 3.62. The number of rotatable bonds is 7. The predicted molar refractivity (Wildman–Crippen MR) is 86.2 cm³/mol. The van der Waals surface area contributed by atoms with Crippen LogP contribution in [0.25, 0.3) is 0 Å². The van der Waals surface area contributed by atoms with Gasteiger partial charge in [0.2, 0.25) is 0 Å². The van der Waals surface area contributed by atoms with Gasteiger partial charge in [0.05, 0.1) is 6.10 Å². The summed E-state index contributed by atoms with van der Waals surface area (Å²) in [5.74, 6) is 0. The first kappa shape index (κ1) is 16.0. The van der Waals surface area contributed by atoms with Crippen LogP contribution >= 0.6 is 11.3 Å². The average molecular weight is 296 g/mol. The molecular weight excluding hydrogens is 268 g/mol. The van der Waals surface area contributed by atoms with Crippen molar-refractivity contribution in [1.29, 1.82) is 0 Å². The fraction of sp³-hybridized carbons (Fsp3) is 0.750. The topological polar surface area (TPSA) is 24.5 Å². The van der Waals surface area contributed by atoms with Crippen molar-refractivity contribution in [2.75, 3.05) is 20.2 Å². The second kappa shape index (κ2) is 8.13. The van der Waals surface area contributed by atoms with Gasteiger partial charge in [-0.15, -0.1) is 11.3 Å². The molecule has 3 nitrogen and oxygen atoms in total. The molecule has 1 unspecified atom stereocenters. The number of thiophene rings is 1. The molecular formula is C16H28N2OS. The van der Waals surface area contributed by atoms with E-state index in [9.17, 15) is 0 Å². The quantitative estimate of drug-likeness (QED) is 0.836. The molecule has 0 bridgehead atoms.